The van der Waals surface area contributed by atoms with E-state index in [1.54, 1.807) is 37.2 Å². The predicted molar refractivity (Wildman–Crippen MR) is 85.7 cm³/mol. The van der Waals surface area contributed by atoms with E-state index in [1.165, 1.54) is 16.8 Å². The molecule has 2 amide bonds. The lowest BCUT2D eigenvalue weighted by Crippen LogP contribution is -2.39. The van der Waals surface area contributed by atoms with Gasteiger partial charge in [0.05, 0.1) is 17.8 Å². The Labute approximate surface area is 139 Å². The van der Waals surface area contributed by atoms with Crippen LogP contribution in [0.4, 0.5) is 4.39 Å². The molecule has 2 heterocycles. The summed E-state index contributed by atoms with van der Waals surface area (Å²) < 4.78 is 14.7. The van der Waals surface area contributed by atoms with E-state index in [4.69, 9.17) is 0 Å². The Bertz CT molecular complexity index is 784. The van der Waals surface area contributed by atoms with Crippen LogP contribution in [-0.2, 0) is 11.8 Å². The summed E-state index contributed by atoms with van der Waals surface area (Å²) in [4.78, 5) is 26.2. The topological polar surface area (TPSA) is 67.2 Å². The molecule has 0 radical (unpaired) electrons. The molecule has 126 valence electrons. The van der Waals surface area contributed by atoms with Gasteiger partial charge in [-0.3, -0.25) is 14.3 Å². The number of benzene rings is 1. The van der Waals surface area contributed by atoms with Gasteiger partial charge < -0.3 is 10.2 Å². The normalized spacial score (nSPS) is 20.5. The number of halogens is 1. The summed E-state index contributed by atoms with van der Waals surface area (Å²) in [7, 11) is 3.39. The number of amides is 2. The molecule has 2 atom stereocenters. The second kappa shape index (κ2) is 6.07. The highest BCUT2D eigenvalue weighted by Gasteiger charge is 2.39. The van der Waals surface area contributed by atoms with Crippen molar-refractivity contribution in [3.05, 3.63) is 53.1 Å². The lowest BCUT2D eigenvalue weighted by atomic mass is 10.00. The standard InChI is InChI=1S/C17H19FN4O2/c1-10-8-14(22(3)20-10)17(24)19-13-9-15(23)21(2)16(13)11-4-6-12(18)7-5-11/h4-8,13,16H,9H2,1-3H3,(H,19,24)/t13-,16+/m0/s1. The molecule has 1 saturated heterocycles. The molecule has 1 aromatic heterocycles. The maximum absolute atomic E-state index is 13.2. The van der Waals surface area contributed by atoms with Crippen molar-refractivity contribution in [1.29, 1.82) is 0 Å². The van der Waals surface area contributed by atoms with Gasteiger partial charge in [0.1, 0.15) is 11.5 Å². The molecule has 0 spiro atoms. The third-order valence-electron chi connectivity index (χ3n) is 4.35. The predicted octanol–water partition coefficient (Wildman–Crippen LogP) is 1.57. The van der Waals surface area contributed by atoms with Crippen LogP contribution < -0.4 is 5.32 Å². The molecular weight excluding hydrogens is 311 g/mol. The lowest BCUT2D eigenvalue weighted by molar-refractivity contribution is -0.127. The van der Waals surface area contributed by atoms with E-state index >= 15 is 0 Å². The number of hydrogen-bond acceptors (Lipinski definition) is 3. The Morgan fingerprint density at radius 2 is 1.96 bits per heavy atom. The first-order valence-corrected chi connectivity index (χ1v) is 7.69. The first-order valence-electron chi connectivity index (χ1n) is 7.69. The maximum Gasteiger partial charge on any atom is 0.269 e. The first kappa shape index (κ1) is 16.2. The molecule has 2 aromatic rings. The van der Waals surface area contributed by atoms with E-state index in [2.05, 4.69) is 10.4 Å². The highest BCUT2D eigenvalue weighted by molar-refractivity contribution is 5.93. The molecule has 0 saturated carbocycles. The van der Waals surface area contributed by atoms with Gasteiger partial charge in [0, 0.05) is 20.5 Å². The Kier molecular flexibility index (Phi) is 4.09. The number of aromatic nitrogens is 2. The number of likely N-dealkylation sites (N-methyl/N-ethyl adjacent to an activating group) is 1. The molecule has 1 aliphatic heterocycles. The number of carbonyl (C=O) groups excluding carboxylic acids is 2. The molecule has 24 heavy (non-hydrogen) atoms. The molecule has 1 aromatic carbocycles. The summed E-state index contributed by atoms with van der Waals surface area (Å²) in [5.74, 6) is -0.675. The summed E-state index contributed by atoms with van der Waals surface area (Å²) in [6, 6.07) is 6.99. The third-order valence-corrected chi connectivity index (χ3v) is 4.35. The van der Waals surface area contributed by atoms with E-state index in [0.717, 1.165) is 11.3 Å². The molecule has 0 bridgehead atoms. The minimum absolute atomic E-state index is 0.0594. The van der Waals surface area contributed by atoms with Crippen LogP contribution in [0, 0.1) is 12.7 Å². The molecule has 7 heteroatoms. The number of hydrogen-bond donors (Lipinski definition) is 1. The number of rotatable bonds is 3. The fraction of sp³-hybridized carbons (Fsp3) is 0.353. The van der Waals surface area contributed by atoms with Crippen LogP contribution in [0.25, 0.3) is 0 Å². The van der Waals surface area contributed by atoms with Crippen molar-refractivity contribution < 1.29 is 14.0 Å². The highest BCUT2D eigenvalue weighted by Crippen LogP contribution is 2.32. The fourth-order valence-electron chi connectivity index (χ4n) is 3.18. The van der Waals surface area contributed by atoms with Gasteiger partial charge in [-0.2, -0.15) is 5.10 Å². The average Bonchev–Trinajstić information content (AvgIpc) is 3.00. The number of nitrogens with one attached hydrogen (secondary N) is 1. The number of carbonyl (C=O) groups is 2. The van der Waals surface area contributed by atoms with Crippen LogP contribution in [0.1, 0.15) is 34.2 Å². The largest absolute Gasteiger partial charge is 0.345 e. The van der Waals surface area contributed by atoms with Crippen LogP contribution in [0.3, 0.4) is 0 Å². The molecule has 1 fully saturated rings. The van der Waals surface area contributed by atoms with Gasteiger partial charge in [-0.05, 0) is 30.7 Å². The van der Waals surface area contributed by atoms with Crippen LogP contribution in [-0.4, -0.2) is 39.6 Å². The SMILES string of the molecule is Cc1cc(C(=O)N[C@H]2CC(=O)N(C)[C@@H]2c2ccc(F)cc2)n(C)n1. The summed E-state index contributed by atoms with van der Waals surface area (Å²) in [6.07, 6.45) is 0.209. The molecule has 3 rings (SSSR count). The Balaban J connectivity index is 1.85. The quantitative estimate of drug-likeness (QED) is 0.929. The van der Waals surface area contributed by atoms with Crippen molar-refractivity contribution in [2.45, 2.75) is 25.4 Å². The van der Waals surface area contributed by atoms with E-state index < -0.39 is 0 Å². The Hall–Kier alpha value is -2.70. The molecular formula is C17H19FN4O2. The smallest absolute Gasteiger partial charge is 0.269 e. The van der Waals surface area contributed by atoms with Crippen molar-refractivity contribution in [1.82, 2.24) is 20.0 Å². The van der Waals surface area contributed by atoms with E-state index in [-0.39, 0.29) is 36.1 Å². The van der Waals surface area contributed by atoms with Crippen molar-refractivity contribution in [2.75, 3.05) is 7.05 Å². The molecule has 1 aliphatic rings. The average molecular weight is 330 g/mol. The summed E-state index contributed by atoms with van der Waals surface area (Å²) >= 11 is 0. The van der Waals surface area contributed by atoms with Gasteiger partial charge in [-0.1, -0.05) is 12.1 Å². The lowest BCUT2D eigenvalue weighted by Gasteiger charge is -2.26. The Morgan fingerprint density at radius 1 is 1.29 bits per heavy atom. The van der Waals surface area contributed by atoms with Crippen LogP contribution in [0.2, 0.25) is 0 Å². The van der Waals surface area contributed by atoms with Gasteiger partial charge in [0.15, 0.2) is 0 Å². The van der Waals surface area contributed by atoms with Crippen molar-refractivity contribution in [3.63, 3.8) is 0 Å². The number of aryl methyl sites for hydroxylation is 2. The maximum atomic E-state index is 13.2. The molecule has 6 nitrogen and oxygen atoms in total. The first-order chi connectivity index (χ1) is 11.4. The van der Waals surface area contributed by atoms with E-state index in [1.807, 2.05) is 6.92 Å². The van der Waals surface area contributed by atoms with Gasteiger partial charge in [0.2, 0.25) is 5.91 Å². The monoisotopic (exact) mass is 330 g/mol. The van der Waals surface area contributed by atoms with Crippen LogP contribution in [0.15, 0.2) is 30.3 Å². The van der Waals surface area contributed by atoms with Gasteiger partial charge in [-0.25, -0.2) is 4.39 Å². The second-order valence-electron chi connectivity index (χ2n) is 6.08. The van der Waals surface area contributed by atoms with Crippen molar-refractivity contribution in [3.8, 4) is 0 Å². The van der Waals surface area contributed by atoms with Gasteiger partial charge in [-0.15, -0.1) is 0 Å². The fourth-order valence-corrected chi connectivity index (χ4v) is 3.18. The zero-order chi connectivity index (χ0) is 17.4. The van der Waals surface area contributed by atoms with Gasteiger partial charge in [0.25, 0.3) is 5.91 Å². The van der Waals surface area contributed by atoms with Crippen molar-refractivity contribution in [2.24, 2.45) is 7.05 Å². The number of nitrogens with zero attached hydrogens (tertiary/aromatic N) is 3. The minimum Gasteiger partial charge on any atom is -0.345 e. The Morgan fingerprint density at radius 3 is 2.54 bits per heavy atom. The summed E-state index contributed by atoms with van der Waals surface area (Å²) in [5, 5.41) is 7.08. The van der Waals surface area contributed by atoms with Gasteiger partial charge >= 0.3 is 0 Å². The van der Waals surface area contributed by atoms with Crippen LogP contribution in [0.5, 0.6) is 0 Å². The van der Waals surface area contributed by atoms with Crippen LogP contribution >= 0.6 is 0 Å². The molecule has 1 N–H and O–H groups in total. The zero-order valence-corrected chi connectivity index (χ0v) is 13.8. The summed E-state index contributed by atoms with van der Waals surface area (Å²) in [6.45, 7) is 1.81. The highest BCUT2D eigenvalue weighted by atomic mass is 19.1. The summed E-state index contributed by atoms with van der Waals surface area (Å²) in [5.41, 5.74) is 1.97. The molecule has 0 aliphatic carbocycles. The zero-order valence-electron chi connectivity index (χ0n) is 13.8. The van der Waals surface area contributed by atoms with E-state index in [0.29, 0.717) is 5.69 Å². The number of likely N-dealkylation sites (tertiary alicyclic amines) is 1. The van der Waals surface area contributed by atoms with Crippen molar-refractivity contribution >= 4 is 11.8 Å². The second-order valence-corrected chi connectivity index (χ2v) is 6.08. The minimum atomic E-state index is -0.379. The third kappa shape index (κ3) is 2.89. The molecule has 0 unspecified atom stereocenters. The van der Waals surface area contributed by atoms with E-state index in [9.17, 15) is 14.0 Å².